The molecule has 0 unspecified atom stereocenters. The molecule has 0 bridgehead atoms. The first-order valence-corrected chi connectivity index (χ1v) is 9.19. The van der Waals surface area contributed by atoms with Crippen molar-refractivity contribution in [2.75, 3.05) is 0 Å². The van der Waals surface area contributed by atoms with Crippen LogP contribution < -0.4 is 5.32 Å². The van der Waals surface area contributed by atoms with Gasteiger partial charge >= 0.3 is 12.1 Å². The van der Waals surface area contributed by atoms with Crippen molar-refractivity contribution in [3.63, 3.8) is 0 Å². The Hall–Kier alpha value is -3.08. The van der Waals surface area contributed by atoms with E-state index in [2.05, 4.69) is 5.32 Å². The monoisotopic (exact) mass is 381 g/mol. The summed E-state index contributed by atoms with van der Waals surface area (Å²) in [6.45, 7) is 7.12. The average Bonchev–Trinajstić information content (AvgIpc) is 2.64. The van der Waals surface area contributed by atoms with Crippen molar-refractivity contribution in [2.45, 2.75) is 45.6 Å². The number of carboxylic acid groups (broad SMARTS) is 1. The van der Waals surface area contributed by atoms with Crippen LogP contribution in [0.3, 0.4) is 0 Å². The van der Waals surface area contributed by atoms with Gasteiger partial charge in [-0.3, -0.25) is 10.1 Å². The van der Waals surface area contributed by atoms with Crippen LogP contribution in [0, 0.1) is 0 Å². The molecule has 2 aromatic rings. The van der Waals surface area contributed by atoms with E-state index in [9.17, 15) is 14.7 Å². The maximum Gasteiger partial charge on any atom is 0.411 e. The van der Waals surface area contributed by atoms with Gasteiger partial charge in [0.2, 0.25) is 0 Å². The second kappa shape index (κ2) is 9.22. The van der Waals surface area contributed by atoms with Crippen LogP contribution in [0.15, 0.2) is 66.4 Å². The molecular formula is C23H27NO4. The molecule has 0 saturated carbocycles. The highest BCUT2D eigenvalue weighted by molar-refractivity contribution is 5.77. The summed E-state index contributed by atoms with van der Waals surface area (Å²) in [5.74, 6) is -1.60. The van der Waals surface area contributed by atoms with Gasteiger partial charge in [0.1, 0.15) is 5.60 Å². The first-order valence-electron chi connectivity index (χ1n) is 9.19. The third-order valence-electron chi connectivity index (χ3n) is 4.08. The molecule has 0 spiro atoms. The van der Waals surface area contributed by atoms with Crippen LogP contribution in [0.25, 0.3) is 11.1 Å². The molecule has 1 amide bonds. The number of allylic oxidation sites excluding steroid dienone is 1. The summed E-state index contributed by atoms with van der Waals surface area (Å²) in [5, 5.41) is 12.2. The van der Waals surface area contributed by atoms with Gasteiger partial charge in [0.25, 0.3) is 0 Å². The van der Waals surface area contributed by atoms with Crippen LogP contribution in [0.4, 0.5) is 4.79 Å². The Morgan fingerprint density at radius 3 is 2.14 bits per heavy atom. The minimum atomic E-state index is -0.905. The Balaban J connectivity index is 2.07. The lowest BCUT2D eigenvalue weighted by molar-refractivity contribution is -0.138. The van der Waals surface area contributed by atoms with Crippen molar-refractivity contribution in [2.24, 2.45) is 0 Å². The molecule has 148 valence electrons. The standard InChI is InChI=1S/C23H27NO4/c1-16(15-24-22(27)28-23(2,3)4)14-20(21(25)26)19-12-10-18(11-13-19)17-8-6-5-7-9-17/h5-13,15,20H,14H2,1-4H3,(H,24,27)(H,25,26)/b16-15+/t20-/m1/s1. The number of amides is 1. The van der Waals surface area contributed by atoms with Crippen molar-refractivity contribution in [3.05, 3.63) is 71.9 Å². The van der Waals surface area contributed by atoms with Crippen LogP contribution in [0.2, 0.25) is 0 Å². The summed E-state index contributed by atoms with van der Waals surface area (Å²) in [5.41, 5.74) is 2.99. The molecule has 0 aliphatic heterocycles. The molecular weight excluding hydrogens is 354 g/mol. The summed E-state index contributed by atoms with van der Waals surface area (Å²) < 4.78 is 5.17. The van der Waals surface area contributed by atoms with E-state index in [0.717, 1.165) is 22.3 Å². The second-order valence-electron chi connectivity index (χ2n) is 7.72. The number of carbonyl (C=O) groups is 2. The summed E-state index contributed by atoms with van der Waals surface area (Å²) in [7, 11) is 0. The van der Waals surface area contributed by atoms with E-state index in [-0.39, 0.29) is 6.42 Å². The molecule has 2 aromatic carbocycles. The van der Waals surface area contributed by atoms with Gasteiger partial charge < -0.3 is 9.84 Å². The largest absolute Gasteiger partial charge is 0.481 e. The zero-order chi connectivity index (χ0) is 20.7. The molecule has 5 nitrogen and oxygen atoms in total. The normalized spacial score (nSPS) is 12.9. The third-order valence-corrected chi connectivity index (χ3v) is 4.08. The van der Waals surface area contributed by atoms with Crippen molar-refractivity contribution in [3.8, 4) is 11.1 Å². The van der Waals surface area contributed by atoms with E-state index in [1.54, 1.807) is 27.7 Å². The van der Waals surface area contributed by atoms with Gasteiger partial charge in [0.15, 0.2) is 0 Å². The Morgan fingerprint density at radius 2 is 1.61 bits per heavy atom. The van der Waals surface area contributed by atoms with E-state index >= 15 is 0 Å². The number of benzene rings is 2. The highest BCUT2D eigenvalue weighted by Crippen LogP contribution is 2.27. The summed E-state index contributed by atoms with van der Waals surface area (Å²) in [4.78, 5) is 23.5. The summed E-state index contributed by atoms with van der Waals surface area (Å²) >= 11 is 0. The maximum atomic E-state index is 11.8. The third kappa shape index (κ3) is 6.58. The average molecular weight is 381 g/mol. The van der Waals surface area contributed by atoms with E-state index in [1.165, 1.54) is 6.20 Å². The lowest BCUT2D eigenvalue weighted by Gasteiger charge is -2.19. The zero-order valence-corrected chi connectivity index (χ0v) is 16.7. The highest BCUT2D eigenvalue weighted by atomic mass is 16.6. The Labute approximate surface area is 166 Å². The number of carboxylic acids is 1. The van der Waals surface area contributed by atoms with Crippen molar-refractivity contribution >= 4 is 12.1 Å². The lowest BCUT2D eigenvalue weighted by atomic mass is 9.91. The molecule has 0 aliphatic carbocycles. The minimum Gasteiger partial charge on any atom is -0.481 e. The first kappa shape index (κ1) is 21.2. The Morgan fingerprint density at radius 1 is 1.04 bits per heavy atom. The summed E-state index contributed by atoms with van der Waals surface area (Å²) in [6.07, 6.45) is 1.23. The molecule has 0 fully saturated rings. The van der Waals surface area contributed by atoms with Crippen LogP contribution >= 0.6 is 0 Å². The SMILES string of the molecule is C/C(=C\NC(=O)OC(C)(C)C)C[C@@H](C(=O)O)c1ccc(-c2ccccc2)cc1. The molecule has 1 atom stereocenters. The number of nitrogens with one attached hydrogen (secondary N) is 1. The van der Waals surface area contributed by atoms with E-state index in [4.69, 9.17) is 4.74 Å². The number of ether oxygens (including phenoxy) is 1. The fraction of sp³-hybridized carbons (Fsp3) is 0.304. The molecule has 2 rings (SSSR count). The fourth-order valence-corrected chi connectivity index (χ4v) is 2.76. The van der Waals surface area contributed by atoms with Gasteiger partial charge in [0.05, 0.1) is 5.92 Å². The molecule has 0 aliphatic rings. The lowest BCUT2D eigenvalue weighted by Crippen LogP contribution is -2.30. The number of aliphatic carboxylic acids is 1. The summed E-state index contributed by atoms with van der Waals surface area (Å²) in [6, 6.07) is 17.5. The predicted molar refractivity (Wildman–Crippen MR) is 110 cm³/mol. The minimum absolute atomic E-state index is 0.288. The molecule has 0 saturated heterocycles. The van der Waals surface area contributed by atoms with Gasteiger partial charge in [-0.2, -0.15) is 0 Å². The number of hydrogen-bond acceptors (Lipinski definition) is 3. The second-order valence-corrected chi connectivity index (χ2v) is 7.72. The molecule has 0 heterocycles. The number of rotatable bonds is 6. The van der Waals surface area contributed by atoms with Crippen LogP contribution in [0.5, 0.6) is 0 Å². The van der Waals surface area contributed by atoms with Gasteiger partial charge in [-0.05, 0) is 50.8 Å². The topological polar surface area (TPSA) is 75.6 Å². The molecule has 2 N–H and O–H groups in total. The van der Waals surface area contributed by atoms with Crippen molar-refractivity contribution in [1.82, 2.24) is 5.32 Å². The number of alkyl carbamates (subject to hydrolysis) is 1. The van der Waals surface area contributed by atoms with E-state index < -0.39 is 23.6 Å². The quantitative estimate of drug-likeness (QED) is 0.708. The van der Waals surface area contributed by atoms with Gasteiger partial charge in [0, 0.05) is 6.20 Å². The maximum absolute atomic E-state index is 11.8. The van der Waals surface area contributed by atoms with Crippen LogP contribution in [-0.4, -0.2) is 22.8 Å². The molecule has 0 radical (unpaired) electrons. The van der Waals surface area contributed by atoms with Gasteiger partial charge in [-0.1, -0.05) is 60.2 Å². The Bertz CT molecular complexity index is 833. The zero-order valence-electron chi connectivity index (χ0n) is 16.7. The Kier molecular flexibility index (Phi) is 6.99. The molecule has 28 heavy (non-hydrogen) atoms. The smallest absolute Gasteiger partial charge is 0.411 e. The van der Waals surface area contributed by atoms with Crippen LogP contribution in [0.1, 0.15) is 45.6 Å². The van der Waals surface area contributed by atoms with E-state index in [1.807, 2.05) is 54.6 Å². The molecule has 5 heteroatoms. The van der Waals surface area contributed by atoms with Crippen molar-refractivity contribution < 1.29 is 19.4 Å². The first-order chi connectivity index (χ1) is 13.2. The predicted octanol–water partition coefficient (Wildman–Crippen LogP) is 5.34. The van der Waals surface area contributed by atoms with E-state index in [0.29, 0.717) is 0 Å². The van der Waals surface area contributed by atoms with Gasteiger partial charge in [-0.25, -0.2) is 4.79 Å². The van der Waals surface area contributed by atoms with Crippen LogP contribution in [-0.2, 0) is 9.53 Å². The number of carbonyl (C=O) groups excluding carboxylic acids is 1. The van der Waals surface area contributed by atoms with Crippen molar-refractivity contribution in [1.29, 1.82) is 0 Å². The fourth-order valence-electron chi connectivity index (χ4n) is 2.76. The highest BCUT2D eigenvalue weighted by Gasteiger charge is 2.21. The number of hydrogen-bond donors (Lipinski definition) is 2. The molecule has 0 aromatic heterocycles. The van der Waals surface area contributed by atoms with Gasteiger partial charge in [-0.15, -0.1) is 0 Å².